The summed E-state index contributed by atoms with van der Waals surface area (Å²) >= 11 is 0. The summed E-state index contributed by atoms with van der Waals surface area (Å²) in [6.45, 7) is 4.19. The molecule has 15 heavy (non-hydrogen) atoms. The molecule has 2 atom stereocenters. The Morgan fingerprint density at radius 1 is 1.27 bits per heavy atom. The van der Waals surface area contributed by atoms with Crippen molar-refractivity contribution < 1.29 is 14.9 Å². The second kappa shape index (κ2) is 3.59. The lowest BCUT2D eigenvalue weighted by Gasteiger charge is -2.28. The summed E-state index contributed by atoms with van der Waals surface area (Å²) in [5.74, 6) is 0. The third-order valence-corrected chi connectivity index (χ3v) is 3.32. The Morgan fingerprint density at radius 3 is 2.53 bits per heavy atom. The summed E-state index contributed by atoms with van der Waals surface area (Å²) in [4.78, 5) is 4.55. The molecule has 0 saturated heterocycles. The van der Waals surface area contributed by atoms with Gasteiger partial charge in [-0.05, 0) is 11.1 Å². The fourth-order valence-corrected chi connectivity index (χ4v) is 2.56. The van der Waals surface area contributed by atoms with Crippen LogP contribution in [-0.4, -0.2) is 18.5 Å². The van der Waals surface area contributed by atoms with Gasteiger partial charge in [0.1, 0.15) is 6.10 Å². The van der Waals surface area contributed by atoms with Gasteiger partial charge in [-0.1, -0.05) is 38.1 Å². The summed E-state index contributed by atoms with van der Waals surface area (Å²) < 4.78 is 5.43. The van der Waals surface area contributed by atoms with E-state index >= 15 is 0 Å². The molecule has 1 aliphatic carbocycles. The van der Waals surface area contributed by atoms with Gasteiger partial charge < -0.3 is 4.74 Å². The molecular weight excluding hydrogens is 192 g/mol. The molecule has 0 aliphatic heterocycles. The molecule has 0 aromatic heterocycles. The van der Waals surface area contributed by atoms with E-state index in [-0.39, 0.29) is 17.6 Å². The summed E-state index contributed by atoms with van der Waals surface area (Å²) in [5, 5.41) is 8.97. The molecule has 0 spiro atoms. The van der Waals surface area contributed by atoms with Crippen molar-refractivity contribution in [2.45, 2.75) is 31.5 Å². The number of benzene rings is 1. The van der Waals surface area contributed by atoms with Crippen molar-refractivity contribution in [3.8, 4) is 0 Å². The number of ether oxygens (including phenoxy) is 1. The van der Waals surface area contributed by atoms with Crippen LogP contribution in [0, 0.1) is 0 Å². The first kappa shape index (κ1) is 10.6. The number of fused-ring (bicyclic) bond motifs is 1. The minimum Gasteiger partial charge on any atom is -0.377 e. The molecule has 1 aromatic carbocycles. The molecule has 3 heteroatoms. The molecule has 0 bridgehead atoms. The topological polar surface area (TPSA) is 38.7 Å². The average molecular weight is 208 g/mol. The van der Waals surface area contributed by atoms with Crippen LogP contribution in [0.5, 0.6) is 0 Å². The van der Waals surface area contributed by atoms with Gasteiger partial charge in [0.15, 0.2) is 0 Å². The molecule has 0 unspecified atom stereocenters. The van der Waals surface area contributed by atoms with E-state index in [4.69, 9.17) is 9.99 Å². The monoisotopic (exact) mass is 208 g/mol. The molecule has 2 rings (SSSR count). The standard InChI is InChI=1S/C12H16O3/c1-12(2)9-7-5-4-6-8(9)10(15-13)11(12)14-3/h4-7,10-11,13H,1-3H3/t10-,11+/m0/s1. The third kappa shape index (κ3) is 1.39. The Labute approximate surface area is 89.6 Å². The summed E-state index contributed by atoms with van der Waals surface area (Å²) in [6, 6.07) is 7.96. The van der Waals surface area contributed by atoms with Crippen LogP contribution in [0.3, 0.4) is 0 Å². The zero-order valence-corrected chi connectivity index (χ0v) is 9.23. The van der Waals surface area contributed by atoms with Crippen molar-refractivity contribution in [1.82, 2.24) is 0 Å². The lowest BCUT2D eigenvalue weighted by Crippen LogP contribution is -2.33. The minimum absolute atomic E-state index is 0.140. The molecule has 0 saturated carbocycles. The first-order valence-electron chi connectivity index (χ1n) is 5.05. The minimum atomic E-state index is -0.388. The van der Waals surface area contributed by atoms with Crippen LogP contribution in [0.1, 0.15) is 31.1 Å². The van der Waals surface area contributed by atoms with Crippen LogP contribution < -0.4 is 0 Å². The van der Waals surface area contributed by atoms with E-state index in [0.29, 0.717) is 0 Å². The zero-order chi connectivity index (χ0) is 11.1. The Morgan fingerprint density at radius 2 is 1.93 bits per heavy atom. The fraction of sp³-hybridized carbons (Fsp3) is 0.500. The normalized spacial score (nSPS) is 27.7. The van der Waals surface area contributed by atoms with Gasteiger partial charge in [0.2, 0.25) is 0 Å². The molecule has 1 aliphatic rings. The molecule has 0 radical (unpaired) electrons. The van der Waals surface area contributed by atoms with E-state index < -0.39 is 0 Å². The maximum absolute atomic E-state index is 8.97. The van der Waals surface area contributed by atoms with Crippen LogP contribution in [0.4, 0.5) is 0 Å². The van der Waals surface area contributed by atoms with Gasteiger partial charge >= 0.3 is 0 Å². The zero-order valence-electron chi connectivity index (χ0n) is 9.23. The lowest BCUT2D eigenvalue weighted by atomic mass is 9.84. The molecule has 0 amide bonds. The van der Waals surface area contributed by atoms with Crippen LogP contribution in [0.25, 0.3) is 0 Å². The van der Waals surface area contributed by atoms with E-state index in [9.17, 15) is 0 Å². The van der Waals surface area contributed by atoms with Crippen molar-refractivity contribution in [3.63, 3.8) is 0 Å². The van der Waals surface area contributed by atoms with Crippen molar-refractivity contribution in [2.75, 3.05) is 7.11 Å². The van der Waals surface area contributed by atoms with Crippen LogP contribution >= 0.6 is 0 Å². The van der Waals surface area contributed by atoms with Gasteiger partial charge in [0, 0.05) is 12.5 Å². The van der Waals surface area contributed by atoms with Gasteiger partial charge in [0.25, 0.3) is 0 Å². The fourth-order valence-electron chi connectivity index (χ4n) is 2.56. The Balaban J connectivity index is 2.54. The van der Waals surface area contributed by atoms with Crippen molar-refractivity contribution in [1.29, 1.82) is 0 Å². The van der Waals surface area contributed by atoms with E-state index in [1.165, 1.54) is 5.56 Å². The van der Waals surface area contributed by atoms with E-state index in [0.717, 1.165) is 5.56 Å². The Kier molecular flexibility index (Phi) is 2.54. The summed E-state index contributed by atoms with van der Waals surface area (Å²) in [5.41, 5.74) is 2.05. The Hall–Kier alpha value is -0.900. The molecule has 1 N–H and O–H groups in total. The highest BCUT2D eigenvalue weighted by Crippen LogP contribution is 2.47. The van der Waals surface area contributed by atoms with Crippen LogP contribution in [0.15, 0.2) is 24.3 Å². The molecule has 82 valence electrons. The maximum atomic E-state index is 8.97. The quantitative estimate of drug-likeness (QED) is 0.599. The summed E-state index contributed by atoms with van der Waals surface area (Å²) in [7, 11) is 1.64. The predicted octanol–water partition coefficient (Wildman–Crippen LogP) is 2.52. The molecule has 3 nitrogen and oxygen atoms in total. The summed E-state index contributed by atoms with van der Waals surface area (Å²) in [6.07, 6.45) is -0.541. The van der Waals surface area contributed by atoms with Crippen LogP contribution in [-0.2, 0) is 15.0 Å². The Bertz CT molecular complexity index is 360. The van der Waals surface area contributed by atoms with Crippen molar-refractivity contribution >= 4 is 0 Å². The highest BCUT2D eigenvalue weighted by Gasteiger charge is 2.47. The molecular formula is C12H16O3. The second-order valence-corrected chi connectivity index (χ2v) is 4.49. The number of methoxy groups -OCH3 is 1. The lowest BCUT2D eigenvalue weighted by molar-refractivity contribution is -0.303. The first-order valence-corrected chi connectivity index (χ1v) is 5.05. The van der Waals surface area contributed by atoms with Gasteiger partial charge in [-0.15, -0.1) is 0 Å². The van der Waals surface area contributed by atoms with E-state index in [1.807, 2.05) is 18.2 Å². The number of rotatable bonds is 2. The molecule has 0 heterocycles. The van der Waals surface area contributed by atoms with Crippen molar-refractivity contribution in [2.24, 2.45) is 0 Å². The molecule has 1 aromatic rings. The highest BCUT2D eigenvalue weighted by atomic mass is 17.1. The van der Waals surface area contributed by atoms with Gasteiger partial charge in [0.05, 0.1) is 6.10 Å². The highest BCUT2D eigenvalue weighted by molar-refractivity contribution is 5.42. The largest absolute Gasteiger partial charge is 0.377 e. The van der Waals surface area contributed by atoms with Crippen LogP contribution in [0.2, 0.25) is 0 Å². The predicted molar refractivity (Wildman–Crippen MR) is 56.7 cm³/mol. The van der Waals surface area contributed by atoms with Gasteiger partial charge in [-0.2, -0.15) is 0 Å². The van der Waals surface area contributed by atoms with Gasteiger partial charge in [-0.25, -0.2) is 4.89 Å². The third-order valence-electron chi connectivity index (χ3n) is 3.32. The van der Waals surface area contributed by atoms with Gasteiger partial charge in [-0.3, -0.25) is 5.26 Å². The SMILES string of the molecule is CO[C@@H]1[C@@H](OO)c2ccccc2C1(C)C. The maximum Gasteiger partial charge on any atom is 0.145 e. The van der Waals surface area contributed by atoms with Crippen molar-refractivity contribution in [3.05, 3.63) is 35.4 Å². The first-order chi connectivity index (χ1) is 7.12. The van der Waals surface area contributed by atoms with E-state index in [2.05, 4.69) is 24.8 Å². The number of hydrogen-bond donors (Lipinski definition) is 1. The number of hydrogen-bond acceptors (Lipinski definition) is 3. The molecule has 0 fully saturated rings. The smallest absolute Gasteiger partial charge is 0.145 e. The second-order valence-electron chi connectivity index (χ2n) is 4.49. The van der Waals surface area contributed by atoms with E-state index in [1.54, 1.807) is 7.11 Å². The average Bonchev–Trinajstić information content (AvgIpc) is 2.46.